The molecule has 3 aromatic heterocycles. The summed E-state index contributed by atoms with van der Waals surface area (Å²) in [6, 6.07) is 57.5. The molecule has 0 saturated heterocycles. The summed E-state index contributed by atoms with van der Waals surface area (Å²) in [5.41, 5.74) is 14.1. The van der Waals surface area contributed by atoms with Crippen LogP contribution in [0.4, 0.5) is 0 Å². The smallest absolute Gasteiger partial charge is 0.137 e. The van der Waals surface area contributed by atoms with Gasteiger partial charge in [-0.05, 0) is 87.6 Å². The second-order valence-electron chi connectivity index (χ2n) is 13.3. The van der Waals surface area contributed by atoms with E-state index < -0.39 is 0 Å². The fraction of sp³-hybridized carbons (Fsp3) is 0. The van der Waals surface area contributed by atoms with Crippen LogP contribution in [0.1, 0.15) is 0 Å². The summed E-state index contributed by atoms with van der Waals surface area (Å²) in [4.78, 5) is 0. The van der Waals surface area contributed by atoms with Crippen LogP contribution in [0.25, 0.3) is 110 Å². The molecule has 0 spiro atoms. The summed E-state index contributed by atoms with van der Waals surface area (Å²) in [5, 5.41) is 9.80. The third-order valence-electron chi connectivity index (χ3n) is 10.8. The second-order valence-corrected chi connectivity index (χ2v) is 13.3. The van der Waals surface area contributed by atoms with Crippen LogP contribution in [0.3, 0.4) is 0 Å². The molecule has 3 heterocycles. The lowest BCUT2D eigenvalue weighted by molar-refractivity contribution is 0.669. The number of benzene rings is 8. The fourth-order valence-corrected chi connectivity index (χ4v) is 8.90. The van der Waals surface area contributed by atoms with Gasteiger partial charge in [-0.25, -0.2) is 0 Å². The Bertz CT molecular complexity index is 3210. The maximum Gasteiger partial charge on any atom is 0.137 e. The molecular weight excluding hydrogens is 597 g/mol. The minimum atomic E-state index is 0.902. The second kappa shape index (κ2) is 9.06. The first-order valence-electron chi connectivity index (χ1n) is 16.9. The molecule has 0 fully saturated rings. The van der Waals surface area contributed by atoms with E-state index in [1.165, 1.54) is 76.6 Å². The predicted octanol–water partition coefficient (Wildman–Crippen LogP) is 12.6. The third-order valence-corrected chi connectivity index (χ3v) is 10.8. The molecule has 1 aliphatic rings. The van der Waals surface area contributed by atoms with Crippen molar-refractivity contribution in [1.29, 1.82) is 0 Å². The van der Waals surface area contributed by atoms with Crippen molar-refractivity contribution in [3.8, 4) is 33.6 Å². The molecule has 0 saturated carbocycles. The number of fused-ring (bicyclic) bond motifs is 14. The topological polar surface area (TPSA) is 23.0 Å². The van der Waals surface area contributed by atoms with Crippen LogP contribution in [0, 0.1) is 0 Å². The highest BCUT2D eigenvalue weighted by Crippen LogP contribution is 2.50. The molecular formula is C46H26N2O. The Morgan fingerprint density at radius 2 is 1.04 bits per heavy atom. The van der Waals surface area contributed by atoms with Gasteiger partial charge in [-0.3, -0.25) is 0 Å². The summed E-state index contributed by atoms with van der Waals surface area (Å²) in [6.45, 7) is 0. The highest BCUT2D eigenvalue weighted by atomic mass is 16.3. The Morgan fingerprint density at radius 3 is 1.92 bits per heavy atom. The average molecular weight is 623 g/mol. The maximum absolute atomic E-state index is 6.52. The highest BCUT2D eigenvalue weighted by molar-refractivity contribution is 6.31. The molecule has 3 heteroatoms. The molecule has 0 N–H and O–H groups in total. The molecule has 8 aromatic carbocycles. The Labute approximate surface area is 280 Å². The van der Waals surface area contributed by atoms with Crippen LogP contribution >= 0.6 is 0 Å². The van der Waals surface area contributed by atoms with Crippen molar-refractivity contribution in [2.45, 2.75) is 0 Å². The monoisotopic (exact) mass is 622 g/mol. The molecule has 0 bridgehead atoms. The minimum absolute atomic E-state index is 0.902. The van der Waals surface area contributed by atoms with E-state index in [1.54, 1.807) is 0 Å². The molecule has 226 valence electrons. The van der Waals surface area contributed by atoms with Crippen molar-refractivity contribution >= 4 is 76.3 Å². The van der Waals surface area contributed by atoms with Crippen molar-refractivity contribution in [1.82, 2.24) is 9.13 Å². The first kappa shape index (κ1) is 25.5. The summed E-state index contributed by atoms with van der Waals surface area (Å²) < 4.78 is 11.5. The molecule has 12 rings (SSSR count). The standard InChI is InChI=1S/C46H26N2O/c1-2-12-28(13-3-1)47-38-19-8-6-16-35(38)43-39(47)23-21-33-34-22-24-41-44(36-17-7-9-20-40(36)49-41)46(34)48(45(33)43)29-25-27-11-10-18-32-30-14-4-5-15-31(30)37(26-29)42(27)32/h1-26H. The SMILES string of the molecule is c1ccc(-n2c3ccccc3c3c2ccc2c4ccc5oc6ccccc6c5c4n(-c4cc5c6c(cccc6c4)-c4ccccc4-5)c23)cc1. The number of nitrogens with zero attached hydrogens (tertiary/aromatic N) is 2. The zero-order valence-electron chi connectivity index (χ0n) is 26.3. The summed E-state index contributed by atoms with van der Waals surface area (Å²) in [7, 11) is 0. The molecule has 1 aliphatic carbocycles. The number of hydrogen-bond donors (Lipinski definition) is 0. The number of aromatic nitrogens is 2. The van der Waals surface area contributed by atoms with Gasteiger partial charge < -0.3 is 13.6 Å². The van der Waals surface area contributed by atoms with Crippen molar-refractivity contribution in [3.63, 3.8) is 0 Å². The molecule has 3 nitrogen and oxygen atoms in total. The summed E-state index contributed by atoms with van der Waals surface area (Å²) in [6.07, 6.45) is 0. The van der Waals surface area contributed by atoms with E-state index in [4.69, 9.17) is 4.42 Å². The zero-order valence-corrected chi connectivity index (χ0v) is 26.3. The van der Waals surface area contributed by atoms with Gasteiger partial charge in [-0.2, -0.15) is 0 Å². The lowest BCUT2D eigenvalue weighted by atomic mass is 10.0. The third kappa shape index (κ3) is 3.17. The molecule has 0 unspecified atom stereocenters. The molecule has 0 atom stereocenters. The quantitative estimate of drug-likeness (QED) is 0.188. The largest absolute Gasteiger partial charge is 0.456 e. The van der Waals surface area contributed by atoms with Crippen LogP contribution < -0.4 is 0 Å². The van der Waals surface area contributed by atoms with Crippen molar-refractivity contribution < 1.29 is 4.42 Å². The van der Waals surface area contributed by atoms with E-state index in [9.17, 15) is 0 Å². The van der Waals surface area contributed by atoms with Gasteiger partial charge in [0.05, 0.1) is 27.5 Å². The fourth-order valence-electron chi connectivity index (χ4n) is 8.90. The van der Waals surface area contributed by atoms with E-state index in [1.807, 2.05) is 0 Å². The number of rotatable bonds is 2. The first-order chi connectivity index (χ1) is 24.3. The van der Waals surface area contributed by atoms with Crippen molar-refractivity contribution in [2.24, 2.45) is 0 Å². The van der Waals surface area contributed by atoms with E-state index in [0.717, 1.165) is 33.3 Å². The number of hydrogen-bond acceptors (Lipinski definition) is 1. The van der Waals surface area contributed by atoms with Gasteiger partial charge in [0.2, 0.25) is 0 Å². The molecule has 0 aliphatic heterocycles. The van der Waals surface area contributed by atoms with Crippen molar-refractivity contribution in [3.05, 3.63) is 158 Å². The van der Waals surface area contributed by atoms with Gasteiger partial charge >= 0.3 is 0 Å². The van der Waals surface area contributed by atoms with E-state index >= 15 is 0 Å². The van der Waals surface area contributed by atoms with Gasteiger partial charge in [0.25, 0.3) is 0 Å². The lowest BCUT2D eigenvalue weighted by Gasteiger charge is -2.13. The van der Waals surface area contributed by atoms with Crippen LogP contribution in [0.5, 0.6) is 0 Å². The van der Waals surface area contributed by atoms with Crippen LogP contribution in [-0.4, -0.2) is 9.13 Å². The molecule has 49 heavy (non-hydrogen) atoms. The molecule has 11 aromatic rings. The van der Waals surface area contributed by atoms with E-state index in [-0.39, 0.29) is 0 Å². The minimum Gasteiger partial charge on any atom is -0.456 e. The summed E-state index contributed by atoms with van der Waals surface area (Å²) in [5.74, 6) is 0. The Morgan fingerprint density at radius 1 is 0.347 bits per heavy atom. The molecule has 0 amide bonds. The van der Waals surface area contributed by atoms with Gasteiger partial charge in [0, 0.05) is 38.3 Å². The van der Waals surface area contributed by atoms with Crippen LogP contribution in [0.15, 0.2) is 162 Å². The normalized spacial score (nSPS) is 12.5. The van der Waals surface area contributed by atoms with Gasteiger partial charge in [-0.1, -0.05) is 103 Å². The number of furan rings is 1. The average Bonchev–Trinajstić information content (AvgIpc) is 3.89. The van der Waals surface area contributed by atoms with Gasteiger partial charge in [-0.15, -0.1) is 0 Å². The van der Waals surface area contributed by atoms with Gasteiger partial charge in [0.15, 0.2) is 0 Å². The molecule has 0 radical (unpaired) electrons. The highest BCUT2D eigenvalue weighted by Gasteiger charge is 2.26. The van der Waals surface area contributed by atoms with Crippen molar-refractivity contribution in [2.75, 3.05) is 0 Å². The first-order valence-corrected chi connectivity index (χ1v) is 16.9. The van der Waals surface area contributed by atoms with Gasteiger partial charge in [0.1, 0.15) is 11.2 Å². The Kier molecular flexibility index (Phi) is 4.72. The Hall–Kier alpha value is -6.58. The summed E-state index contributed by atoms with van der Waals surface area (Å²) >= 11 is 0. The zero-order chi connectivity index (χ0) is 31.8. The predicted molar refractivity (Wildman–Crippen MR) is 204 cm³/mol. The Balaban J connectivity index is 1.34. The lowest BCUT2D eigenvalue weighted by Crippen LogP contribution is -1.96. The van der Waals surface area contributed by atoms with Crippen LogP contribution in [0.2, 0.25) is 0 Å². The maximum atomic E-state index is 6.52. The van der Waals surface area contributed by atoms with Crippen LogP contribution in [-0.2, 0) is 0 Å². The number of para-hydroxylation sites is 3. The van der Waals surface area contributed by atoms with E-state index in [2.05, 4.69) is 167 Å². The van der Waals surface area contributed by atoms with E-state index in [0.29, 0.717) is 0 Å².